The average molecular weight is 625 g/mol. The first kappa shape index (κ1) is 33.5. The van der Waals surface area contributed by atoms with E-state index in [0.29, 0.717) is 12.0 Å². The Labute approximate surface area is 251 Å². The number of carbonyl (C=O) groups is 1. The van der Waals surface area contributed by atoms with Crippen LogP contribution in [0.5, 0.6) is 17.2 Å². The van der Waals surface area contributed by atoms with Crippen molar-refractivity contribution in [3.05, 3.63) is 59.7 Å². The number of phenols is 3. The summed E-state index contributed by atoms with van der Waals surface area (Å²) < 4.78 is 28.1. The van der Waals surface area contributed by atoms with Crippen molar-refractivity contribution in [3.63, 3.8) is 0 Å². The molecule has 2 aromatic carbocycles. The van der Waals surface area contributed by atoms with Gasteiger partial charge in [-0.15, -0.1) is 0 Å². The van der Waals surface area contributed by atoms with Gasteiger partial charge in [0.1, 0.15) is 48.5 Å². The lowest BCUT2D eigenvalue weighted by Crippen LogP contribution is -2.65. The predicted molar refractivity (Wildman–Crippen MR) is 147 cm³/mol. The fraction of sp³-hybridized carbons (Fsp3) is 0.483. The maximum atomic E-state index is 12.8. The summed E-state index contributed by atoms with van der Waals surface area (Å²) in [6.45, 7) is -1.49. The molecule has 2 aliphatic rings. The molecule has 4 rings (SSSR count). The monoisotopic (exact) mass is 624 g/mol. The Bertz CT molecular complexity index is 1250. The summed E-state index contributed by atoms with van der Waals surface area (Å²) in [7, 11) is 0. The maximum Gasteiger partial charge on any atom is 0.331 e. The lowest BCUT2D eigenvalue weighted by atomic mass is 9.96. The highest BCUT2D eigenvalue weighted by molar-refractivity contribution is 5.87. The minimum Gasteiger partial charge on any atom is -0.508 e. The Morgan fingerprint density at radius 1 is 0.773 bits per heavy atom. The first-order valence-corrected chi connectivity index (χ1v) is 13.7. The summed E-state index contributed by atoms with van der Waals surface area (Å²) in [5.74, 6) is -1.70. The van der Waals surface area contributed by atoms with Crippen LogP contribution in [0.1, 0.15) is 11.1 Å². The topological polar surface area (TPSA) is 245 Å². The number of esters is 1. The summed E-state index contributed by atoms with van der Waals surface area (Å²) in [6.07, 6.45) is -13.5. The molecule has 0 amide bonds. The van der Waals surface area contributed by atoms with Gasteiger partial charge in [-0.3, -0.25) is 0 Å². The van der Waals surface area contributed by atoms with Gasteiger partial charge >= 0.3 is 5.97 Å². The molecule has 2 fully saturated rings. The van der Waals surface area contributed by atoms with Crippen LogP contribution >= 0.6 is 0 Å². The van der Waals surface area contributed by atoms with Crippen LogP contribution in [0.2, 0.25) is 0 Å². The van der Waals surface area contributed by atoms with Crippen LogP contribution in [0.15, 0.2) is 48.5 Å². The van der Waals surface area contributed by atoms with Crippen molar-refractivity contribution in [1.82, 2.24) is 0 Å². The average Bonchev–Trinajstić information content (AvgIpc) is 3.01. The second-order valence-electron chi connectivity index (χ2n) is 10.3. The van der Waals surface area contributed by atoms with Crippen LogP contribution in [-0.4, -0.2) is 133 Å². The Balaban J connectivity index is 1.53. The van der Waals surface area contributed by atoms with Gasteiger partial charge in [-0.1, -0.05) is 18.2 Å². The minimum atomic E-state index is -1.86. The van der Waals surface area contributed by atoms with E-state index < -0.39 is 86.3 Å². The van der Waals surface area contributed by atoms with Gasteiger partial charge in [0.2, 0.25) is 0 Å². The molecule has 0 spiro atoms. The molecule has 0 aliphatic carbocycles. The standard InChI is InChI=1S/C29H36O15/c30-12-19-22(36)23(37)24(38)29(41-19)44-27-25(39)28(40-10-9-14-1-5-16(32)6-2-14)42-20(13-31)26(27)43-21(35)8-4-15-3-7-17(33)18(34)11-15/h1-8,11,19-20,22-34,36-39H,9-10,12-13H2/b8-4+/t19-,20-,22-,23+,24-,25-,26-,27-,28-,29+/m1/s1. The van der Waals surface area contributed by atoms with Gasteiger partial charge in [-0.25, -0.2) is 4.79 Å². The molecule has 0 unspecified atom stereocenters. The molecule has 10 atom stereocenters. The maximum absolute atomic E-state index is 12.8. The van der Waals surface area contributed by atoms with E-state index in [2.05, 4.69) is 0 Å². The van der Waals surface area contributed by atoms with Crippen molar-refractivity contribution in [2.75, 3.05) is 19.8 Å². The Hall–Kier alpha value is -3.35. The molecule has 0 radical (unpaired) electrons. The second kappa shape index (κ2) is 15.1. The number of aliphatic hydroxyl groups is 6. The number of carbonyl (C=O) groups excluding carboxylic acids is 1. The summed E-state index contributed by atoms with van der Waals surface area (Å²) in [4.78, 5) is 12.8. The molecular weight excluding hydrogens is 588 g/mol. The number of rotatable bonds is 11. The van der Waals surface area contributed by atoms with Crippen LogP contribution in [0.3, 0.4) is 0 Å². The largest absolute Gasteiger partial charge is 0.508 e. The Morgan fingerprint density at radius 3 is 2.11 bits per heavy atom. The smallest absolute Gasteiger partial charge is 0.331 e. The van der Waals surface area contributed by atoms with Gasteiger partial charge in [0.15, 0.2) is 30.2 Å². The molecule has 0 saturated carbocycles. The SMILES string of the molecule is O=C(/C=C/c1ccc(O)c(O)c1)O[C@H]1[C@H](O[C@@H]2O[C@H](CO)[C@@H](O)[C@H](O)[C@H]2O)[C@@H](O)[C@H](OCCc2ccc(O)cc2)O[C@@H]1CO. The van der Waals surface area contributed by atoms with Gasteiger partial charge in [-0.2, -0.15) is 0 Å². The molecule has 15 nitrogen and oxygen atoms in total. The Morgan fingerprint density at radius 2 is 1.45 bits per heavy atom. The quantitative estimate of drug-likeness (QED) is 0.0764. The molecule has 242 valence electrons. The molecule has 2 aliphatic heterocycles. The van der Waals surface area contributed by atoms with E-state index in [1.807, 2.05) is 0 Å². The van der Waals surface area contributed by atoms with Crippen LogP contribution in [0.25, 0.3) is 6.08 Å². The number of aromatic hydroxyl groups is 3. The van der Waals surface area contributed by atoms with Crippen molar-refractivity contribution in [2.45, 2.75) is 67.8 Å². The van der Waals surface area contributed by atoms with E-state index in [1.165, 1.54) is 36.4 Å². The lowest BCUT2D eigenvalue weighted by Gasteiger charge is -2.46. The number of ether oxygens (including phenoxy) is 5. The fourth-order valence-corrected chi connectivity index (χ4v) is 4.75. The van der Waals surface area contributed by atoms with Crippen LogP contribution < -0.4 is 0 Å². The molecular formula is C29H36O15. The number of aliphatic hydroxyl groups excluding tert-OH is 6. The molecule has 2 aromatic rings. The zero-order valence-electron chi connectivity index (χ0n) is 23.3. The van der Waals surface area contributed by atoms with Crippen LogP contribution in [-0.2, 0) is 34.9 Å². The number of benzene rings is 2. The Kier molecular flexibility index (Phi) is 11.5. The summed E-state index contributed by atoms with van der Waals surface area (Å²) in [5.41, 5.74) is 1.12. The van der Waals surface area contributed by atoms with Gasteiger partial charge in [0.05, 0.1) is 19.8 Å². The molecule has 15 heteroatoms. The zero-order chi connectivity index (χ0) is 32.0. The minimum absolute atomic E-state index is 0.00405. The predicted octanol–water partition coefficient (Wildman–Crippen LogP) is -1.75. The second-order valence-corrected chi connectivity index (χ2v) is 10.3. The van der Waals surface area contributed by atoms with Gasteiger partial charge < -0.3 is 69.6 Å². The molecule has 0 bridgehead atoms. The first-order chi connectivity index (χ1) is 21.0. The summed E-state index contributed by atoms with van der Waals surface area (Å²) in [5, 5.41) is 90.4. The van der Waals surface area contributed by atoms with E-state index in [-0.39, 0.29) is 18.1 Å². The van der Waals surface area contributed by atoms with E-state index in [0.717, 1.165) is 11.6 Å². The van der Waals surface area contributed by atoms with Crippen molar-refractivity contribution in [3.8, 4) is 17.2 Å². The molecule has 2 heterocycles. The summed E-state index contributed by atoms with van der Waals surface area (Å²) >= 11 is 0. The molecule has 9 N–H and O–H groups in total. The third-order valence-electron chi connectivity index (χ3n) is 7.21. The molecule has 44 heavy (non-hydrogen) atoms. The van der Waals surface area contributed by atoms with Gasteiger partial charge in [0, 0.05) is 6.08 Å². The fourth-order valence-electron chi connectivity index (χ4n) is 4.75. The highest BCUT2D eigenvalue weighted by Crippen LogP contribution is 2.32. The highest BCUT2D eigenvalue weighted by atomic mass is 16.7. The summed E-state index contributed by atoms with van der Waals surface area (Å²) in [6, 6.07) is 10.1. The normalized spacial score (nSPS) is 32.5. The van der Waals surface area contributed by atoms with Crippen molar-refractivity contribution in [1.29, 1.82) is 0 Å². The first-order valence-electron chi connectivity index (χ1n) is 13.7. The van der Waals surface area contributed by atoms with Crippen molar-refractivity contribution in [2.24, 2.45) is 0 Å². The van der Waals surface area contributed by atoms with Gasteiger partial charge in [0.25, 0.3) is 0 Å². The van der Waals surface area contributed by atoms with Gasteiger partial charge in [-0.05, 0) is 47.9 Å². The zero-order valence-corrected chi connectivity index (χ0v) is 23.3. The number of hydrogen-bond acceptors (Lipinski definition) is 15. The lowest BCUT2D eigenvalue weighted by molar-refractivity contribution is -0.360. The molecule has 2 saturated heterocycles. The van der Waals surface area contributed by atoms with Crippen LogP contribution in [0, 0.1) is 0 Å². The number of hydrogen-bond donors (Lipinski definition) is 9. The van der Waals surface area contributed by atoms with Crippen molar-refractivity contribution < 1.29 is 74.4 Å². The molecule has 0 aromatic heterocycles. The van der Waals surface area contributed by atoms with Crippen LogP contribution in [0.4, 0.5) is 0 Å². The van der Waals surface area contributed by atoms with E-state index in [9.17, 15) is 50.8 Å². The van der Waals surface area contributed by atoms with E-state index in [4.69, 9.17) is 23.7 Å². The van der Waals surface area contributed by atoms with E-state index in [1.54, 1.807) is 12.1 Å². The van der Waals surface area contributed by atoms with Crippen molar-refractivity contribution >= 4 is 12.0 Å². The third kappa shape index (κ3) is 8.02. The third-order valence-corrected chi connectivity index (χ3v) is 7.21. The number of phenolic OH excluding ortho intramolecular Hbond substituents is 3. The highest BCUT2D eigenvalue weighted by Gasteiger charge is 2.52. The van der Waals surface area contributed by atoms with E-state index >= 15 is 0 Å².